The molecule has 0 unspecified atom stereocenters. The van der Waals surface area contributed by atoms with E-state index in [1.165, 1.54) is 0 Å². The van der Waals surface area contributed by atoms with Crippen molar-refractivity contribution in [2.24, 2.45) is 5.73 Å². The van der Waals surface area contributed by atoms with Gasteiger partial charge in [-0.15, -0.1) is 0 Å². The number of primary amides is 1. The summed E-state index contributed by atoms with van der Waals surface area (Å²) in [4.78, 5) is 31.5. The van der Waals surface area contributed by atoms with Crippen molar-refractivity contribution in [1.29, 1.82) is 0 Å². The van der Waals surface area contributed by atoms with E-state index in [1.807, 2.05) is 0 Å². The van der Waals surface area contributed by atoms with Crippen molar-refractivity contribution in [3.05, 3.63) is 0 Å². The van der Waals surface area contributed by atoms with E-state index in [2.05, 4.69) is 10.1 Å². The zero-order valence-electron chi connectivity index (χ0n) is 6.20. The Morgan fingerprint density at radius 1 is 1.58 bits per heavy atom. The van der Waals surface area contributed by atoms with E-state index in [0.717, 1.165) is 0 Å². The van der Waals surface area contributed by atoms with Gasteiger partial charge < -0.3 is 15.8 Å². The van der Waals surface area contributed by atoms with Crippen molar-refractivity contribution in [1.82, 2.24) is 5.32 Å². The zero-order valence-corrected chi connectivity index (χ0v) is 6.20. The number of nitrogens with two attached hydrogens (primary N) is 1. The van der Waals surface area contributed by atoms with Crippen LogP contribution in [-0.4, -0.2) is 24.0 Å². The van der Waals surface area contributed by atoms with E-state index >= 15 is 0 Å². The van der Waals surface area contributed by atoms with E-state index < -0.39 is 24.0 Å². The van der Waals surface area contributed by atoms with Gasteiger partial charge in [0.25, 0.3) is 0 Å². The van der Waals surface area contributed by atoms with Crippen LogP contribution in [0.5, 0.6) is 0 Å². The first-order valence-electron chi connectivity index (χ1n) is 3.40. The number of carbonyl (C=O) groups excluding carboxylic acids is 3. The Morgan fingerprint density at radius 2 is 2.25 bits per heavy atom. The number of esters is 1. The molecule has 0 aromatic rings. The molecule has 1 rings (SSSR count). The number of cyclic esters (lactones) is 2. The molecule has 0 spiro atoms. The third-order valence-electron chi connectivity index (χ3n) is 1.45. The van der Waals surface area contributed by atoms with Gasteiger partial charge in [-0.25, -0.2) is 9.59 Å². The lowest BCUT2D eigenvalue weighted by Crippen LogP contribution is -2.30. The molecule has 1 fully saturated rings. The predicted octanol–water partition coefficient (Wildman–Crippen LogP) is -1.11. The van der Waals surface area contributed by atoms with E-state index in [-0.39, 0.29) is 12.8 Å². The molecular weight excluding hydrogens is 164 g/mol. The van der Waals surface area contributed by atoms with Crippen molar-refractivity contribution in [3.63, 3.8) is 0 Å². The minimum Gasteiger partial charge on any atom is -0.375 e. The van der Waals surface area contributed by atoms with Gasteiger partial charge in [0.05, 0.1) is 0 Å². The third kappa shape index (κ3) is 1.94. The van der Waals surface area contributed by atoms with Crippen molar-refractivity contribution in [2.75, 3.05) is 0 Å². The van der Waals surface area contributed by atoms with Crippen LogP contribution in [0.4, 0.5) is 4.79 Å². The van der Waals surface area contributed by atoms with Crippen LogP contribution < -0.4 is 11.1 Å². The molecule has 66 valence electrons. The summed E-state index contributed by atoms with van der Waals surface area (Å²) in [6.45, 7) is 0. The van der Waals surface area contributed by atoms with Crippen molar-refractivity contribution < 1.29 is 19.1 Å². The molecule has 2 amide bonds. The lowest BCUT2D eigenvalue weighted by atomic mass is 10.1. The average Bonchev–Trinajstić information content (AvgIpc) is 2.26. The maximum atomic E-state index is 10.7. The zero-order chi connectivity index (χ0) is 9.14. The third-order valence-corrected chi connectivity index (χ3v) is 1.45. The fourth-order valence-electron chi connectivity index (χ4n) is 0.870. The highest BCUT2D eigenvalue weighted by atomic mass is 16.6. The van der Waals surface area contributed by atoms with Crippen molar-refractivity contribution in [2.45, 2.75) is 18.9 Å². The fraction of sp³-hybridized carbons (Fsp3) is 0.500. The summed E-state index contributed by atoms with van der Waals surface area (Å²) in [5, 5.41) is 2.24. The number of ether oxygens (including phenoxy) is 1. The van der Waals surface area contributed by atoms with Crippen LogP contribution in [0.15, 0.2) is 0 Å². The molecule has 1 aliphatic rings. The molecule has 1 heterocycles. The number of amides is 2. The first-order valence-corrected chi connectivity index (χ1v) is 3.40. The van der Waals surface area contributed by atoms with Crippen LogP contribution in [0.25, 0.3) is 0 Å². The predicted molar refractivity (Wildman–Crippen MR) is 36.8 cm³/mol. The van der Waals surface area contributed by atoms with Gasteiger partial charge in [-0.05, 0) is 6.42 Å². The maximum absolute atomic E-state index is 10.7. The largest absolute Gasteiger partial charge is 0.415 e. The molecule has 0 aromatic carbocycles. The summed E-state index contributed by atoms with van der Waals surface area (Å²) >= 11 is 0. The minimum atomic E-state index is -0.769. The highest BCUT2D eigenvalue weighted by Gasteiger charge is 2.31. The molecule has 0 radical (unpaired) electrons. The molecule has 6 nitrogen and oxygen atoms in total. The van der Waals surface area contributed by atoms with Gasteiger partial charge >= 0.3 is 12.1 Å². The Morgan fingerprint density at radius 3 is 2.67 bits per heavy atom. The van der Waals surface area contributed by atoms with Crippen molar-refractivity contribution in [3.8, 4) is 0 Å². The first kappa shape index (κ1) is 8.51. The Labute approximate surface area is 68.0 Å². The molecule has 0 aromatic heterocycles. The Balaban J connectivity index is 2.38. The van der Waals surface area contributed by atoms with Gasteiger partial charge in [-0.1, -0.05) is 0 Å². The van der Waals surface area contributed by atoms with E-state index in [9.17, 15) is 14.4 Å². The highest BCUT2D eigenvalue weighted by molar-refractivity contribution is 5.95. The summed E-state index contributed by atoms with van der Waals surface area (Å²) in [5.41, 5.74) is 4.85. The summed E-state index contributed by atoms with van der Waals surface area (Å²) in [6.07, 6.45) is -0.519. The topological polar surface area (TPSA) is 98.5 Å². The van der Waals surface area contributed by atoms with Crippen LogP contribution in [-0.2, 0) is 14.3 Å². The van der Waals surface area contributed by atoms with Gasteiger partial charge in [0, 0.05) is 6.42 Å². The summed E-state index contributed by atoms with van der Waals surface area (Å²) in [6, 6.07) is -0.718. The van der Waals surface area contributed by atoms with Gasteiger partial charge in [0.1, 0.15) is 6.04 Å². The van der Waals surface area contributed by atoms with Crippen LogP contribution in [0.3, 0.4) is 0 Å². The smallest absolute Gasteiger partial charge is 0.375 e. The molecule has 1 saturated heterocycles. The molecule has 0 bridgehead atoms. The van der Waals surface area contributed by atoms with Crippen LogP contribution in [0, 0.1) is 0 Å². The van der Waals surface area contributed by atoms with Gasteiger partial charge in [-0.2, -0.15) is 0 Å². The molecule has 0 aliphatic carbocycles. The molecule has 6 heteroatoms. The number of rotatable bonds is 3. The molecule has 12 heavy (non-hydrogen) atoms. The number of nitrogens with one attached hydrogen (secondary N) is 1. The minimum absolute atomic E-state index is 0.0556. The number of hydrogen-bond acceptors (Lipinski definition) is 4. The molecule has 3 N–H and O–H groups in total. The quantitative estimate of drug-likeness (QED) is 0.416. The molecular formula is C6H8N2O4. The second-order valence-electron chi connectivity index (χ2n) is 2.41. The fourth-order valence-corrected chi connectivity index (χ4v) is 0.870. The summed E-state index contributed by atoms with van der Waals surface area (Å²) < 4.78 is 4.17. The normalized spacial score (nSPS) is 21.8. The first-order chi connectivity index (χ1) is 5.59. The lowest BCUT2D eigenvalue weighted by Gasteiger charge is -2.01. The van der Waals surface area contributed by atoms with Crippen molar-refractivity contribution >= 4 is 18.0 Å². The standard InChI is InChI=1S/C6H8N2O4/c7-4(9)2-1-3-5(10)12-6(11)8-3/h3H,1-2H2,(H2,7,9)(H,8,11)/t3-/m0/s1. The Hall–Kier alpha value is -1.59. The van der Waals surface area contributed by atoms with Gasteiger partial charge in [-0.3, -0.25) is 4.79 Å². The lowest BCUT2D eigenvalue weighted by molar-refractivity contribution is -0.135. The summed E-state index contributed by atoms with van der Waals surface area (Å²) in [7, 11) is 0. The van der Waals surface area contributed by atoms with Gasteiger partial charge in [0.2, 0.25) is 5.91 Å². The molecule has 1 aliphatic heterocycles. The highest BCUT2D eigenvalue weighted by Crippen LogP contribution is 2.05. The second-order valence-corrected chi connectivity index (χ2v) is 2.41. The number of carbonyl (C=O) groups is 3. The number of alkyl carbamates (subject to hydrolysis) is 1. The SMILES string of the molecule is NC(=O)CC[C@@H]1NC(=O)OC1=O. The van der Waals surface area contributed by atoms with Crippen LogP contribution >= 0.6 is 0 Å². The Bertz CT molecular complexity index is 238. The maximum Gasteiger partial charge on any atom is 0.415 e. The van der Waals surface area contributed by atoms with Crippen LogP contribution in [0.1, 0.15) is 12.8 Å². The molecule has 0 saturated carbocycles. The van der Waals surface area contributed by atoms with Crippen LogP contribution in [0.2, 0.25) is 0 Å². The second kappa shape index (κ2) is 3.21. The number of hydrogen-bond donors (Lipinski definition) is 2. The van der Waals surface area contributed by atoms with Gasteiger partial charge in [0.15, 0.2) is 0 Å². The Kier molecular flexibility index (Phi) is 2.27. The average molecular weight is 172 g/mol. The monoisotopic (exact) mass is 172 g/mol. The summed E-state index contributed by atoms with van der Waals surface area (Å²) in [5.74, 6) is -1.16. The molecule has 1 atom stereocenters. The van der Waals surface area contributed by atoms with E-state index in [0.29, 0.717) is 0 Å². The van der Waals surface area contributed by atoms with E-state index in [1.54, 1.807) is 0 Å². The van der Waals surface area contributed by atoms with E-state index in [4.69, 9.17) is 5.73 Å².